The first kappa shape index (κ1) is 24.9. The summed E-state index contributed by atoms with van der Waals surface area (Å²) in [6.07, 6.45) is 1.10. The number of likely N-dealkylation sites (tertiary alicyclic amines) is 1. The van der Waals surface area contributed by atoms with Crippen LogP contribution < -0.4 is 20.1 Å². The van der Waals surface area contributed by atoms with Crippen LogP contribution in [0.4, 0.5) is 14.5 Å². The Balaban J connectivity index is 1.57. The molecule has 0 radical (unpaired) electrons. The van der Waals surface area contributed by atoms with Crippen LogP contribution >= 0.6 is 0 Å². The molecule has 182 valence electrons. The largest absolute Gasteiger partial charge is 0.495 e. The topological polar surface area (TPSA) is 97.0 Å². The van der Waals surface area contributed by atoms with Gasteiger partial charge in [-0.3, -0.25) is 14.4 Å². The fourth-order valence-corrected chi connectivity index (χ4v) is 3.81. The molecule has 10 heteroatoms. The summed E-state index contributed by atoms with van der Waals surface area (Å²) in [6, 6.07) is 11.1. The van der Waals surface area contributed by atoms with Crippen molar-refractivity contribution in [2.75, 3.05) is 32.1 Å². The normalized spacial score (nSPS) is 15.6. The van der Waals surface area contributed by atoms with Crippen LogP contribution in [0.2, 0.25) is 0 Å². The number of hydrogen-bond acceptors (Lipinski definition) is 5. The number of ether oxygens (including phenoxy) is 2. The van der Waals surface area contributed by atoms with Crippen LogP contribution in [-0.2, 0) is 9.59 Å². The summed E-state index contributed by atoms with van der Waals surface area (Å²) < 4.78 is 35.1. The molecule has 0 aromatic heterocycles. The third kappa shape index (κ3) is 6.43. The number of nitrogens with zero attached hydrogens (tertiary/aromatic N) is 1. The Bertz CT molecular complexity index is 1050. The number of methoxy groups -OCH3 is 1. The average Bonchev–Trinajstić information content (AvgIpc) is 2.82. The molecule has 1 saturated heterocycles. The highest BCUT2D eigenvalue weighted by molar-refractivity contribution is 5.98. The fraction of sp³-hybridized carbons (Fsp3) is 0.375. The number of amides is 3. The minimum absolute atomic E-state index is 0.00957. The van der Waals surface area contributed by atoms with Gasteiger partial charge in [0, 0.05) is 13.1 Å². The molecule has 2 aromatic carbocycles. The van der Waals surface area contributed by atoms with Gasteiger partial charge in [0.25, 0.3) is 5.91 Å². The maximum Gasteiger partial charge on any atom is 0.387 e. The molecule has 34 heavy (non-hydrogen) atoms. The molecule has 1 aliphatic rings. The third-order valence-corrected chi connectivity index (χ3v) is 5.47. The SMILES string of the molecule is COc1ccc(C)cc1NC(=O)CNC(=O)C1CCCN(C(=O)c2ccccc2OC(F)F)C1. The first-order valence-corrected chi connectivity index (χ1v) is 10.8. The van der Waals surface area contributed by atoms with Crippen molar-refractivity contribution in [3.05, 3.63) is 53.6 Å². The van der Waals surface area contributed by atoms with E-state index < -0.39 is 24.3 Å². The smallest absolute Gasteiger partial charge is 0.387 e. The minimum Gasteiger partial charge on any atom is -0.495 e. The number of piperidine rings is 1. The van der Waals surface area contributed by atoms with Gasteiger partial charge >= 0.3 is 6.61 Å². The molecule has 1 unspecified atom stereocenters. The second kappa shape index (κ2) is 11.4. The molecule has 8 nitrogen and oxygen atoms in total. The molecule has 1 heterocycles. The molecule has 2 N–H and O–H groups in total. The molecule has 0 bridgehead atoms. The maximum absolute atomic E-state index is 12.9. The van der Waals surface area contributed by atoms with Gasteiger partial charge in [0.05, 0.1) is 30.8 Å². The molecule has 0 saturated carbocycles. The Hall–Kier alpha value is -3.69. The standard InChI is InChI=1S/C24H27F2N3O5/c1-15-9-10-20(33-2)18(12-15)28-21(30)13-27-22(31)16-6-5-11-29(14-16)23(32)17-7-3-4-8-19(17)34-24(25)26/h3-4,7-10,12,16,24H,5-6,11,13-14H2,1-2H3,(H,27,31)(H,28,30). The highest BCUT2D eigenvalue weighted by Crippen LogP contribution is 2.26. The van der Waals surface area contributed by atoms with E-state index in [-0.39, 0.29) is 30.3 Å². The first-order chi connectivity index (χ1) is 16.3. The Kier molecular flexibility index (Phi) is 8.39. The van der Waals surface area contributed by atoms with E-state index in [1.54, 1.807) is 18.2 Å². The van der Waals surface area contributed by atoms with E-state index in [4.69, 9.17) is 4.74 Å². The first-order valence-electron chi connectivity index (χ1n) is 10.8. The van der Waals surface area contributed by atoms with Crippen LogP contribution in [0.1, 0.15) is 28.8 Å². The number of alkyl halides is 2. The zero-order valence-electron chi connectivity index (χ0n) is 19.0. The second-order valence-electron chi connectivity index (χ2n) is 7.93. The fourth-order valence-electron chi connectivity index (χ4n) is 3.81. The summed E-state index contributed by atoms with van der Waals surface area (Å²) in [5.41, 5.74) is 1.45. The molecule has 1 aliphatic heterocycles. The van der Waals surface area contributed by atoms with E-state index in [1.165, 1.54) is 30.2 Å². The van der Waals surface area contributed by atoms with Crippen molar-refractivity contribution >= 4 is 23.4 Å². The van der Waals surface area contributed by atoms with Crippen LogP contribution in [-0.4, -0.2) is 56.0 Å². The van der Waals surface area contributed by atoms with Crippen molar-refractivity contribution in [1.82, 2.24) is 10.2 Å². The molecule has 0 spiro atoms. The van der Waals surface area contributed by atoms with E-state index in [2.05, 4.69) is 15.4 Å². The number of aryl methyl sites for hydroxylation is 1. The lowest BCUT2D eigenvalue weighted by molar-refractivity contribution is -0.128. The van der Waals surface area contributed by atoms with E-state index >= 15 is 0 Å². The lowest BCUT2D eigenvalue weighted by Crippen LogP contribution is -2.46. The minimum atomic E-state index is -3.06. The number of para-hydroxylation sites is 1. The van der Waals surface area contributed by atoms with Crippen LogP contribution in [0.3, 0.4) is 0 Å². The lowest BCUT2D eigenvalue weighted by Gasteiger charge is -2.32. The lowest BCUT2D eigenvalue weighted by atomic mass is 9.96. The Labute approximate surface area is 196 Å². The molecule has 1 atom stereocenters. The summed E-state index contributed by atoms with van der Waals surface area (Å²) >= 11 is 0. The van der Waals surface area contributed by atoms with Gasteiger partial charge in [-0.2, -0.15) is 8.78 Å². The van der Waals surface area contributed by atoms with Crippen LogP contribution in [0.15, 0.2) is 42.5 Å². The summed E-state index contributed by atoms with van der Waals surface area (Å²) in [6.45, 7) is -0.920. The van der Waals surface area contributed by atoms with Gasteiger partial charge in [0.1, 0.15) is 11.5 Å². The highest BCUT2D eigenvalue weighted by Gasteiger charge is 2.30. The number of carbonyl (C=O) groups excluding carboxylic acids is 3. The Morgan fingerprint density at radius 2 is 1.91 bits per heavy atom. The second-order valence-corrected chi connectivity index (χ2v) is 7.93. The van der Waals surface area contributed by atoms with E-state index in [0.717, 1.165) is 5.56 Å². The van der Waals surface area contributed by atoms with Crippen LogP contribution in [0.5, 0.6) is 11.5 Å². The molecule has 2 aromatic rings. The summed E-state index contributed by atoms with van der Waals surface area (Å²) in [5, 5.41) is 5.32. The predicted octanol–water partition coefficient (Wildman–Crippen LogP) is 3.21. The highest BCUT2D eigenvalue weighted by atomic mass is 19.3. The molecule has 3 rings (SSSR count). The van der Waals surface area contributed by atoms with Crippen molar-refractivity contribution in [3.63, 3.8) is 0 Å². The summed E-state index contributed by atoms with van der Waals surface area (Å²) in [5.74, 6) is -1.50. The van der Waals surface area contributed by atoms with E-state index in [1.807, 2.05) is 13.0 Å². The average molecular weight is 475 g/mol. The van der Waals surface area contributed by atoms with Gasteiger partial charge in [-0.25, -0.2) is 0 Å². The Morgan fingerprint density at radius 1 is 1.15 bits per heavy atom. The van der Waals surface area contributed by atoms with E-state index in [0.29, 0.717) is 30.8 Å². The van der Waals surface area contributed by atoms with Gasteiger partial charge in [-0.15, -0.1) is 0 Å². The number of rotatable bonds is 8. The van der Waals surface area contributed by atoms with Crippen LogP contribution in [0, 0.1) is 12.8 Å². The number of hydrogen-bond donors (Lipinski definition) is 2. The van der Waals surface area contributed by atoms with Crippen molar-refractivity contribution in [2.45, 2.75) is 26.4 Å². The molecule has 0 aliphatic carbocycles. The van der Waals surface area contributed by atoms with Gasteiger partial charge in [0.15, 0.2) is 0 Å². The summed E-state index contributed by atoms with van der Waals surface area (Å²) in [7, 11) is 1.50. The quantitative estimate of drug-likeness (QED) is 0.611. The predicted molar refractivity (Wildman–Crippen MR) is 121 cm³/mol. The van der Waals surface area contributed by atoms with Crippen molar-refractivity contribution in [3.8, 4) is 11.5 Å². The molecule has 1 fully saturated rings. The number of halogens is 2. The number of anilines is 1. The maximum atomic E-state index is 12.9. The zero-order valence-corrected chi connectivity index (χ0v) is 19.0. The number of benzene rings is 2. The number of carbonyl (C=O) groups is 3. The van der Waals surface area contributed by atoms with Crippen LogP contribution in [0.25, 0.3) is 0 Å². The van der Waals surface area contributed by atoms with Gasteiger partial charge < -0.3 is 25.0 Å². The molecular formula is C24H27F2N3O5. The molecule has 3 amide bonds. The van der Waals surface area contributed by atoms with E-state index in [9.17, 15) is 23.2 Å². The zero-order chi connectivity index (χ0) is 24.7. The molecular weight excluding hydrogens is 448 g/mol. The Morgan fingerprint density at radius 3 is 2.65 bits per heavy atom. The van der Waals surface area contributed by atoms with Crippen molar-refractivity contribution in [2.24, 2.45) is 5.92 Å². The summed E-state index contributed by atoms with van der Waals surface area (Å²) in [4.78, 5) is 39.4. The third-order valence-electron chi connectivity index (χ3n) is 5.47. The van der Waals surface area contributed by atoms with Crippen molar-refractivity contribution < 1.29 is 32.6 Å². The van der Waals surface area contributed by atoms with Gasteiger partial charge in [-0.1, -0.05) is 18.2 Å². The van der Waals surface area contributed by atoms with Gasteiger partial charge in [-0.05, 0) is 49.6 Å². The van der Waals surface area contributed by atoms with Gasteiger partial charge in [0.2, 0.25) is 11.8 Å². The monoisotopic (exact) mass is 475 g/mol. The number of nitrogens with one attached hydrogen (secondary N) is 2. The van der Waals surface area contributed by atoms with Crippen molar-refractivity contribution in [1.29, 1.82) is 0 Å².